The highest BCUT2D eigenvalue weighted by molar-refractivity contribution is 5.76. The Labute approximate surface area is 521 Å². The summed E-state index contributed by atoms with van der Waals surface area (Å²) in [5.41, 5.74) is 0. The van der Waals surface area contributed by atoms with E-state index in [2.05, 4.69) is 43.5 Å². The summed E-state index contributed by atoms with van der Waals surface area (Å²) in [5, 5.41) is 54.8. The van der Waals surface area contributed by atoms with Crippen LogP contribution in [0.25, 0.3) is 0 Å². The molecule has 0 aliphatic carbocycles. The van der Waals surface area contributed by atoms with Crippen LogP contribution in [-0.2, 0) is 14.3 Å². The zero-order valence-electron chi connectivity index (χ0n) is 55.7. The molecule has 9 heteroatoms. The van der Waals surface area contributed by atoms with E-state index >= 15 is 0 Å². The molecule has 0 aromatic carbocycles. The smallest absolute Gasteiger partial charge is 0.220 e. The molecule has 6 N–H and O–H groups in total. The van der Waals surface area contributed by atoms with E-state index in [9.17, 15) is 30.3 Å². The minimum Gasteiger partial charge on any atom is -0.394 e. The molecule has 0 bridgehead atoms. The van der Waals surface area contributed by atoms with Crippen LogP contribution < -0.4 is 5.32 Å². The first-order valence-corrected chi connectivity index (χ1v) is 37.2. The van der Waals surface area contributed by atoms with E-state index in [-0.39, 0.29) is 12.5 Å². The van der Waals surface area contributed by atoms with Crippen molar-refractivity contribution in [2.45, 2.75) is 423 Å². The number of aliphatic hydroxyl groups excluding tert-OH is 5. The number of unbranched alkanes of at least 4 members (excludes halogenated alkanes) is 52. The summed E-state index contributed by atoms with van der Waals surface area (Å²) in [6.07, 6.45) is 79.9. The molecule has 1 aliphatic heterocycles. The van der Waals surface area contributed by atoms with E-state index in [1.807, 2.05) is 6.08 Å². The van der Waals surface area contributed by atoms with Gasteiger partial charge in [0.1, 0.15) is 24.4 Å². The lowest BCUT2D eigenvalue weighted by atomic mass is 9.99. The molecule has 9 nitrogen and oxygen atoms in total. The van der Waals surface area contributed by atoms with Gasteiger partial charge in [-0.25, -0.2) is 0 Å². The Morgan fingerprint density at radius 1 is 0.405 bits per heavy atom. The molecular formula is C75H143NO8. The zero-order valence-corrected chi connectivity index (χ0v) is 55.7. The van der Waals surface area contributed by atoms with Crippen molar-refractivity contribution < 1.29 is 39.8 Å². The van der Waals surface area contributed by atoms with Crippen LogP contribution in [0.1, 0.15) is 380 Å². The van der Waals surface area contributed by atoms with Gasteiger partial charge in [0.2, 0.25) is 5.91 Å². The maximum absolute atomic E-state index is 13.1. The summed E-state index contributed by atoms with van der Waals surface area (Å²) >= 11 is 0. The largest absolute Gasteiger partial charge is 0.394 e. The third-order valence-electron chi connectivity index (χ3n) is 18.0. The SMILES string of the molecule is CCCCCCCCCCCCCCCCC/C=C\C/C=C\CCCCCCCCCCCCCCCCCCCC(=O)NC(COC1OC(CO)C(O)C(O)C1O)C(O)/C=C/CCCCCCCCCCCCCCCCCCCCCC. The van der Waals surface area contributed by atoms with E-state index < -0.39 is 49.5 Å². The number of carbonyl (C=O) groups is 1. The van der Waals surface area contributed by atoms with Crippen LogP contribution in [0.15, 0.2) is 36.5 Å². The summed E-state index contributed by atoms with van der Waals surface area (Å²) in [4.78, 5) is 13.1. The summed E-state index contributed by atoms with van der Waals surface area (Å²) in [6, 6.07) is -0.805. The predicted molar refractivity (Wildman–Crippen MR) is 360 cm³/mol. The molecular weight excluding hydrogens is 1040 g/mol. The Morgan fingerprint density at radius 2 is 0.702 bits per heavy atom. The second-order valence-electron chi connectivity index (χ2n) is 26.1. The molecule has 0 saturated carbocycles. The first kappa shape index (κ1) is 80.4. The Bertz CT molecular complexity index is 1420. The lowest BCUT2D eigenvalue weighted by Crippen LogP contribution is -2.60. The van der Waals surface area contributed by atoms with Crippen molar-refractivity contribution in [1.82, 2.24) is 5.32 Å². The highest BCUT2D eigenvalue weighted by Gasteiger charge is 2.44. The van der Waals surface area contributed by atoms with Gasteiger partial charge in [-0.05, 0) is 51.4 Å². The Morgan fingerprint density at radius 3 is 1.02 bits per heavy atom. The maximum Gasteiger partial charge on any atom is 0.220 e. The third kappa shape index (κ3) is 52.4. The van der Waals surface area contributed by atoms with Crippen molar-refractivity contribution in [2.24, 2.45) is 0 Å². The summed E-state index contributed by atoms with van der Waals surface area (Å²) in [7, 11) is 0. The predicted octanol–water partition coefficient (Wildman–Crippen LogP) is 20.6. The van der Waals surface area contributed by atoms with Crippen LogP contribution in [0.4, 0.5) is 0 Å². The van der Waals surface area contributed by atoms with Crippen molar-refractivity contribution in [2.75, 3.05) is 13.2 Å². The summed E-state index contributed by atoms with van der Waals surface area (Å²) in [5.74, 6) is -0.170. The normalized spacial score (nSPS) is 18.3. The van der Waals surface area contributed by atoms with Crippen LogP contribution in [-0.4, -0.2) is 87.5 Å². The molecule has 84 heavy (non-hydrogen) atoms. The molecule has 1 saturated heterocycles. The van der Waals surface area contributed by atoms with E-state index in [0.717, 1.165) is 44.9 Å². The number of rotatable bonds is 66. The van der Waals surface area contributed by atoms with Crippen LogP contribution in [0.2, 0.25) is 0 Å². The number of amides is 1. The van der Waals surface area contributed by atoms with Crippen molar-refractivity contribution in [3.63, 3.8) is 0 Å². The molecule has 1 heterocycles. The molecule has 1 amide bonds. The van der Waals surface area contributed by atoms with Crippen molar-refractivity contribution >= 4 is 5.91 Å². The van der Waals surface area contributed by atoms with Crippen LogP contribution in [0.3, 0.4) is 0 Å². The van der Waals surface area contributed by atoms with E-state index in [4.69, 9.17) is 9.47 Å². The van der Waals surface area contributed by atoms with Gasteiger partial charge >= 0.3 is 0 Å². The number of hydrogen-bond acceptors (Lipinski definition) is 8. The Balaban J connectivity index is 2.07. The van der Waals surface area contributed by atoms with Gasteiger partial charge in [0, 0.05) is 6.42 Å². The molecule has 1 rings (SSSR count). The number of aliphatic hydroxyl groups is 5. The van der Waals surface area contributed by atoms with Gasteiger partial charge in [-0.1, -0.05) is 359 Å². The van der Waals surface area contributed by atoms with Crippen LogP contribution in [0, 0.1) is 0 Å². The first-order valence-electron chi connectivity index (χ1n) is 37.2. The molecule has 0 spiro atoms. The van der Waals surface area contributed by atoms with E-state index in [1.54, 1.807) is 6.08 Å². The fourth-order valence-electron chi connectivity index (χ4n) is 12.1. The van der Waals surface area contributed by atoms with E-state index in [0.29, 0.717) is 6.42 Å². The van der Waals surface area contributed by atoms with Crippen LogP contribution in [0.5, 0.6) is 0 Å². The molecule has 0 radical (unpaired) electrons. The minimum absolute atomic E-state index is 0.170. The molecule has 1 fully saturated rings. The van der Waals surface area contributed by atoms with E-state index in [1.165, 1.54) is 315 Å². The van der Waals surface area contributed by atoms with Gasteiger partial charge in [-0.3, -0.25) is 4.79 Å². The monoisotopic (exact) mass is 1190 g/mol. The van der Waals surface area contributed by atoms with Crippen molar-refractivity contribution in [3.8, 4) is 0 Å². The van der Waals surface area contributed by atoms with Gasteiger partial charge < -0.3 is 40.3 Å². The van der Waals surface area contributed by atoms with Crippen molar-refractivity contribution in [3.05, 3.63) is 36.5 Å². The Hall–Kier alpha value is -1.59. The van der Waals surface area contributed by atoms with Crippen LogP contribution >= 0.6 is 0 Å². The van der Waals surface area contributed by atoms with Gasteiger partial charge in [0.15, 0.2) is 6.29 Å². The number of allylic oxidation sites excluding steroid dienone is 5. The minimum atomic E-state index is -1.57. The molecule has 0 aromatic heterocycles. The molecule has 1 aliphatic rings. The zero-order chi connectivity index (χ0) is 60.7. The standard InChI is InChI=1S/C75H143NO8/c1-3-5-7-9-11-13-15-17-19-21-23-25-27-28-29-30-31-32-33-34-35-36-37-38-39-40-41-42-43-45-47-49-51-53-55-57-59-61-63-65-71(79)76-68(67-83-75-74(82)73(81)72(80)70(66-77)84-75)69(78)64-62-60-58-56-54-52-50-48-46-44-26-24-22-20-18-16-14-12-10-8-6-4-2/h31-32,34-35,62,64,68-70,72-75,77-78,80-82H,3-30,33,36-61,63,65-67H2,1-2H3,(H,76,79)/b32-31-,35-34-,64-62+. The lowest BCUT2D eigenvalue weighted by Gasteiger charge is -2.40. The third-order valence-corrected chi connectivity index (χ3v) is 18.0. The van der Waals surface area contributed by atoms with Crippen molar-refractivity contribution in [1.29, 1.82) is 0 Å². The fraction of sp³-hybridized carbons (Fsp3) is 0.907. The van der Waals surface area contributed by atoms with Gasteiger partial charge in [0.05, 0.1) is 25.4 Å². The number of carbonyl (C=O) groups excluding carboxylic acids is 1. The van der Waals surface area contributed by atoms with Gasteiger partial charge in [-0.15, -0.1) is 0 Å². The molecule has 0 aromatic rings. The molecule has 7 unspecified atom stereocenters. The van der Waals surface area contributed by atoms with Gasteiger partial charge in [-0.2, -0.15) is 0 Å². The summed E-state index contributed by atoms with van der Waals surface area (Å²) < 4.78 is 11.3. The van der Waals surface area contributed by atoms with Gasteiger partial charge in [0.25, 0.3) is 0 Å². The topological polar surface area (TPSA) is 149 Å². The average molecular weight is 1190 g/mol. The summed E-state index contributed by atoms with van der Waals surface area (Å²) in [6.45, 7) is 3.84. The number of nitrogens with one attached hydrogen (secondary N) is 1. The second kappa shape index (κ2) is 64.4. The number of ether oxygens (including phenoxy) is 2. The molecule has 7 atom stereocenters. The lowest BCUT2D eigenvalue weighted by molar-refractivity contribution is -0.302. The quantitative estimate of drug-likeness (QED) is 0.0261. The Kier molecular flexibility index (Phi) is 61.7. The second-order valence-corrected chi connectivity index (χ2v) is 26.1. The first-order chi connectivity index (χ1) is 41.3. The average Bonchev–Trinajstić information content (AvgIpc) is 3.70. The highest BCUT2D eigenvalue weighted by Crippen LogP contribution is 2.24. The maximum atomic E-state index is 13.1. The fourth-order valence-corrected chi connectivity index (χ4v) is 12.1. The molecule has 496 valence electrons. The number of hydrogen-bond donors (Lipinski definition) is 6. The highest BCUT2D eigenvalue weighted by atomic mass is 16.7.